The summed E-state index contributed by atoms with van der Waals surface area (Å²) in [5.74, 6) is 0. The highest BCUT2D eigenvalue weighted by Gasteiger charge is 2.04. The van der Waals surface area contributed by atoms with Crippen LogP contribution in [0, 0.1) is 0 Å². The minimum absolute atomic E-state index is 0.652. The molecule has 0 N–H and O–H groups in total. The lowest BCUT2D eigenvalue weighted by molar-refractivity contribution is 0.679. The Morgan fingerprint density at radius 3 is 2.75 bits per heavy atom. The Labute approximate surface area is 80.5 Å². The molecule has 0 aromatic carbocycles. The van der Waals surface area contributed by atoms with Crippen LogP contribution in [0.3, 0.4) is 0 Å². The summed E-state index contributed by atoms with van der Waals surface area (Å²) < 4.78 is 16.3. The molecule has 66 valence electrons. The first-order valence-electron chi connectivity index (χ1n) is 3.27. The fraction of sp³-hybridized carbons (Fsp3) is 0.286. The molecule has 1 rings (SSSR count). The lowest BCUT2D eigenvalue weighted by Gasteiger charge is -2.01. The van der Waals surface area contributed by atoms with E-state index < -0.39 is 9.73 Å². The summed E-state index contributed by atoms with van der Waals surface area (Å²) in [5.41, 5.74) is 0. The van der Waals surface area contributed by atoms with E-state index >= 15 is 0 Å². The van der Waals surface area contributed by atoms with E-state index in [4.69, 9.17) is 0 Å². The van der Waals surface area contributed by atoms with Gasteiger partial charge in [0.15, 0.2) is 0 Å². The fourth-order valence-electron chi connectivity index (χ4n) is 0.705. The number of nitrogens with zero attached hydrogens (tertiary/aromatic N) is 2. The van der Waals surface area contributed by atoms with Gasteiger partial charge in [-0.1, -0.05) is 0 Å². The van der Waals surface area contributed by atoms with Crippen LogP contribution in [0.5, 0.6) is 0 Å². The molecular weight excluding hydrogens is 240 g/mol. The SMILES string of the molecule is CN=S(C)(=O)c1cncc(Br)c1. The van der Waals surface area contributed by atoms with Gasteiger partial charge in [-0.25, -0.2) is 8.57 Å². The monoisotopic (exact) mass is 248 g/mol. The van der Waals surface area contributed by atoms with Crippen LogP contribution in [0.1, 0.15) is 0 Å². The number of hydrogen-bond acceptors (Lipinski definition) is 3. The van der Waals surface area contributed by atoms with Crippen LogP contribution in [0.2, 0.25) is 0 Å². The number of rotatable bonds is 1. The molecule has 5 heteroatoms. The fourth-order valence-corrected chi connectivity index (χ4v) is 2.03. The van der Waals surface area contributed by atoms with Crippen molar-refractivity contribution in [3.63, 3.8) is 0 Å². The number of hydrogen-bond donors (Lipinski definition) is 0. The third-order valence-electron chi connectivity index (χ3n) is 1.47. The molecule has 1 aromatic rings. The minimum atomic E-state index is -2.24. The zero-order chi connectivity index (χ0) is 9.19. The van der Waals surface area contributed by atoms with Gasteiger partial charge in [0.2, 0.25) is 0 Å². The molecular formula is C7H9BrN2OS. The molecule has 1 unspecified atom stereocenters. The van der Waals surface area contributed by atoms with Crippen LogP contribution in [0.25, 0.3) is 0 Å². The van der Waals surface area contributed by atoms with Gasteiger partial charge in [0.25, 0.3) is 0 Å². The smallest absolute Gasteiger partial charge is 0.0736 e. The summed E-state index contributed by atoms with van der Waals surface area (Å²) in [4.78, 5) is 4.56. The molecule has 0 aliphatic rings. The van der Waals surface area contributed by atoms with E-state index in [1.807, 2.05) is 0 Å². The molecule has 0 saturated heterocycles. The Morgan fingerprint density at radius 2 is 2.25 bits per heavy atom. The third-order valence-corrected chi connectivity index (χ3v) is 3.69. The first-order valence-corrected chi connectivity index (χ1v) is 5.99. The second-order valence-corrected chi connectivity index (χ2v) is 5.68. The Morgan fingerprint density at radius 1 is 1.58 bits per heavy atom. The van der Waals surface area contributed by atoms with Gasteiger partial charge < -0.3 is 0 Å². The van der Waals surface area contributed by atoms with Gasteiger partial charge in [0.05, 0.1) is 14.6 Å². The third kappa shape index (κ3) is 2.04. The zero-order valence-corrected chi connectivity index (χ0v) is 9.22. The van der Waals surface area contributed by atoms with E-state index in [0.29, 0.717) is 4.90 Å². The molecule has 1 aromatic heterocycles. The van der Waals surface area contributed by atoms with Crippen molar-refractivity contribution in [2.45, 2.75) is 4.90 Å². The summed E-state index contributed by atoms with van der Waals surface area (Å²) in [6, 6.07) is 1.77. The lowest BCUT2D eigenvalue weighted by Crippen LogP contribution is -1.97. The summed E-state index contributed by atoms with van der Waals surface area (Å²) >= 11 is 3.25. The van der Waals surface area contributed by atoms with Gasteiger partial charge in [-0.05, 0) is 22.0 Å². The molecule has 3 nitrogen and oxygen atoms in total. The molecule has 1 atom stereocenters. The maximum Gasteiger partial charge on any atom is 0.0736 e. The van der Waals surface area contributed by atoms with E-state index in [2.05, 4.69) is 25.3 Å². The summed E-state index contributed by atoms with van der Waals surface area (Å²) in [6.45, 7) is 0. The first kappa shape index (κ1) is 9.67. The number of halogens is 1. The second kappa shape index (κ2) is 3.53. The van der Waals surface area contributed by atoms with Gasteiger partial charge in [-0.3, -0.25) is 4.98 Å². The highest BCUT2D eigenvalue weighted by atomic mass is 79.9. The Bertz CT molecular complexity index is 396. The highest BCUT2D eigenvalue weighted by Crippen LogP contribution is 2.15. The molecule has 1 heterocycles. The van der Waals surface area contributed by atoms with Crippen molar-refractivity contribution in [2.24, 2.45) is 4.36 Å². The first-order chi connectivity index (χ1) is 5.56. The summed E-state index contributed by atoms with van der Waals surface area (Å²) in [7, 11) is -0.693. The summed E-state index contributed by atoms with van der Waals surface area (Å²) in [5, 5.41) is 0. The minimum Gasteiger partial charge on any atom is -0.262 e. The second-order valence-electron chi connectivity index (χ2n) is 2.32. The van der Waals surface area contributed by atoms with Crippen molar-refractivity contribution < 1.29 is 4.21 Å². The van der Waals surface area contributed by atoms with Crippen LogP contribution >= 0.6 is 15.9 Å². The lowest BCUT2D eigenvalue weighted by atomic mass is 10.5. The van der Waals surface area contributed by atoms with E-state index in [1.54, 1.807) is 31.8 Å². The average Bonchev–Trinajstić information content (AvgIpc) is 2.05. The molecule has 0 bridgehead atoms. The van der Waals surface area contributed by atoms with Crippen LogP contribution < -0.4 is 0 Å². The normalized spacial score (nSPS) is 15.2. The molecule has 0 aliphatic carbocycles. The average molecular weight is 249 g/mol. The van der Waals surface area contributed by atoms with E-state index in [0.717, 1.165) is 4.47 Å². The predicted octanol–water partition coefficient (Wildman–Crippen LogP) is 1.93. The predicted molar refractivity (Wildman–Crippen MR) is 52.6 cm³/mol. The largest absolute Gasteiger partial charge is 0.262 e. The molecule has 0 spiro atoms. The van der Waals surface area contributed by atoms with Crippen LogP contribution in [0.15, 0.2) is 32.2 Å². The van der Waals surface area contributed by atoms with E-state index in [9.17, 15) is 4.21 Å². The van der Waals surface area contributed by atoms with Crippen molar-refractivity contribution >= 4 is 25.7 Å². The number of pyridine rings is 1. The number of aromatic nitrogens is 1. The molecule has 0 fully saturated rings. The maximum absolute atomic E-state index is 11.7. The van der Waals surface area contributed by atoms with E-state index in [-0.39, 0.29) is 0 Å². The molecule has 12 heavy (non-hydrogen) atoms. The molecule has 0 saturated carbocycles. The van der Waals surface area contributed by atoms with Gasteiger partial charge in [-0.15, -0.1) is 0 Å². The van der Waals surface area contributed by atoms with Crippen molar-refractivity contribution in [1.29, 1.82) is 0 Å². The highest BCUT2D eigenvalue weighted by molar-refractivity contribution is 9.10. The van der Waals surface area contributed by atoms with Crippen LogP contribution in [-0.2, 0) is 9.73 Å². The molecule has 0 aliphatic heterocycles. The standard InChI is InChI=1S/C7H9BrN2OS/c1-9-12(2,11)7-3-6(8)4-10-5-7/h3-5H,1-2H3. The molecule has 0 radical (unpaired) electrons. The van der Waals surface area contributed by atoms with Gasteiger partial charge in [-0.2, -0.15) is 0 Å². The van der Waals surface area contributed by atoms with E-state index in [1.165, 1.54) is 0 Å². The maximum atomic E-state index is 11.7. The topological polar surface area (TPSA) is 42.3 Å². The molecule has 0 amide bonds. The van der Waals surface area contributed by atoms with Crippen molar-refractivity contribution in [1.82, 2.24) is 4.98 Å². The Hall–Kier alpha value is -0.420. The van der Waals surface area contributed by atoms with Crippen molar-refractivity contribution in [2.75, 3.05) is 13.3 Å². The van der Waals surface area contributed by atoms with Crippen LogP contribution in [0.4, 0.5) is 0 Å². The van der Waals surface area contributed by atoms with Crippen molar-refractivity contribution in [3.8, 4) is 0 Å². The quantitative estimate of drug-likeness (QED) is 0.763. The Balaban J connectivity index is 3.31. The summed E-state index contributed by atoms with van der Waals surface area (Å²) in [6.07, 6.45) is 4.81. The van der Waals surface area contributed by atoms with Crippen LogP contribution in [-0.4, -0.2) is 22.5 Å². The van der Waals surface area contributed by atoms with Gasteiger partial charge >= 0.3 is 0 Å². The van der Waals surface area contributed by atoms with Gasteiger partial charge in [0.1, 0.15) is 0 Å². The van der Waals surface area contributed by atoms with Gasteiger partial charge in [0, 0.05) is 30.2 Å². The van der Waals surface area contributed by atoms with Crippen molar-refractivity contribution in [3.05, 3.63) is 22.9 Å². The Kier molecular flexibility index (Phi) is 2.85. The zero-order valence-electron chi connectivity index (χ0n) is 6.82.